The number of hydrogen-bond acceptors (Lipinski definition) is 5. The lowest BCUT2D eigenvalue weighted by Crippen LogP contribution is -2.37. The van der Waals surface area contributed by atoms with Crippen molar-refractivity contribution in [1.82, 2.24) is 10.7 Å². The molecule has 0 saturated carbocycles. The lowest BCUT2D eigenvalue weighted by molar-refractivity contribution is -0.139. The fraction of sp³-hybridized carbons (Fsp3) is 0.125. The zero-order chi connectivity index (χ0) is 23.6. The Morgan fingerprint density at radius 2 is 1.70 bits per heavy atom. The summed E-state index contributed by atoms with van der Waals surface area (Å²) in [5.41, 5.74) is 4.58. The summed E-state index contributed by atoms with van der Waals surface area (Å²) in [5, 5.41) is 7.00. The molecule has 0 spiro atoms. The van der Waals surface area contributed by atoms with Gasteiger partial charge in [-0.1, -0.05) is 57.9 Å². The first kappa shape index (κ1) is 24.3. The van der Waals surface area contributed by atoms with Gasteiger partial charge in [0.15, 0.2) is 11.5 Å². The third kappa shape index (κ3) is 7.34. The van der Waals surface area contributed by atoms with E-state index in [9.17, 15) is 9.59 Å². The van der Waals surface area contributed by atoms with E-state index < -0.39 is 11.8 Å². The standard InChI is InChI=1S/C24H21BrClN3O4/c1-32-21-4-2-3-18(22(21)33-15-17-5-9-19(25)10-6-17)14-28-29-24(31)23(30)27-13-16-7-11-20(26)12-8-16/h2-12,14H,13,15H2,1H3,(H,27,30)(H,29,31)/b28-14-. The molecule has 0 aliphatic heterocycles. The molecule has 3 rings (SSSR count). The van der Waals surface area contributed by atoms with Crippen molar-refractivity contribution in [2.45, 2.75) is 13.2 Å². The molecule has 33 heavy (non-hydrogen) atoms. The Kier molecular flexibility index (Phi) is 8.86. The van der Waals surface area contributed by atoms with E-state index in [2.05, 4.69) is 31.8 Å². The van der Waals surface area contributed by atoms with Gasteiger partial charge >= 0.3 is 11.8 Å². The normalized spacial score (nSPS) is 10.6. The van der Waals surface area contributed by atoms with Gasteiger partial charge in [-0.05, 0) is 47.5 Å². The maximum absolute atomic E-state index is 12.0. The van der Waals surface area contributed by atoms with Crippen LogP contribution in [0.25, 0.3) is 0 Å². The molecule has 0 aliphatic carbocycles. The molecule has 0 atom stereocenters. The van der Waals surface area contributed by atoms with Gasteiger partial charge in [-0.15, -0.1) is 0 Å². The highest BCUT2D eigenvalue weighted by Gasteiger charge is 2.13. The summed E-state index contributed by atoms with van der Waals surface area (Å²) in [6.07, 6.45) is 1.39. The largest absolute Gasteiger partial charge is 0.493 e. The van der Waals surface area contributed by atoms with E-state index in [1.54, 1.807) is 42.5 Å². The predicted molar refractivity (Wildman–Crippen MR) is 131 cm³/mol. The smallest absolute Gasteiger partial charge is 0.329 e. The first-order valence-electron chi connectivity index (χ1n) is 9.86. The average Bonchev–Trinajstić information content (AvgIpc) is 2.83. The Labute approximate surface area is 204 Å². The van der Waals surface area contributed by atoms with E-state index in [0.29, 0.717) is 28.7 Å². The molecular formula is C24H21BrClN3O4. The molecule has 7 nitrogen and oxygen atoms in total. The lowest BCUT2D eigenvalue weighted by atomic mass is 10.2. The number of hydrazone groups is 1. The van der Waals surface area contributed by atoms with Gasteiger partial charge in [0.2, 0.25) is 0 Å². The van der Waals surface area contributed by atoms with Crippen LogP contribution in [0.2, 0.25) is 5.02 Å². The summed E-state index contributed by atoms with van der Waals surface area (Å²) >= 11 is 9.24. The minimum absolute atomic E-state index is 0.192. The molecule has 0 saturated heterocycles. The highest BCUT2D eigenvalue weighted by molar-refractivity contribution is 9.10. The van der Waals surface area contributed by atoms with Gasteiger partial charge in [0, 0.05) is 21.6 Å². The third-order valence-corrected chi connectivity index (χ3v) is 5.25. The van der Waals surface area contributed by atoms with Crippen LogP contribution in [0.15, 0.2) is 76.3 Å². The van der Waals surface area contributed by atoms with Crippen molar-refractivity contribution < 1.29 is 19.1 Å². The number of para-hydroxylation sites is 1. The molecule has 9 heteroatoms. The van der Waals surface area contributed by atoms with Crippen LogP contribution in [-0.4, -0.2) is 25.1 Å². The summed E-state index contributed by atoms with van der Waals surface area (Å²) in [4.78, 5) is 24.0. The maximum Gasteiger partial charge on any atom is 0.329 e. The van der Waals surface area contributed by atoms with E-state index in [4.69, 9.17) is 21.1 Å². The molecule has 2 amide bonds. The molecular weight excluding hydrogens is 510 g/mol. The number of ether oxygens (including phenoxy) is 2. The quantitative estimate of drug-likeness (QED) is 0.256. The van der Waals surface area contributed by atoms with Crippen molar-refractivity contribution in [3.63, 3.8) is 0 Å². The number of halogens is 2. The van der Waals surface area contributed by atoms with Gasteiger partial charge < -0.3 is 14.8 Å². The first-order chi connectivity index (χ1) is 16.0. The minimum atomic E-state index is -0.888. The van der Waals surface area contributed by atoms with Crippen LogP contribution in [0.1, 0.15) is 16.7 Å². The van der Waals surface area contributed by atoms with Crippen molar-refractivity contribution in [3.05, 3.63) is 92.9 Å². The number of rotatable bonds is 8. The molecule has 170 valence electrons. The second-order valence-corrected chi connectivity index (χ2v) is 8.15. The number of methoxy groups -OCH3 is 1. The van der Waals surface area contributed by atoms with Crippen LogP contribution >= 0.6 is 27.5 Å². The molecule has 2 N–H and O–H groups in total. The zero-order valence-electron chi connectivity index (χ0n) is 17.7. The second kappa shape index (κ2) is 12.0. The van der Waals surface area contributed by atoms with Crippen LogP contribution < -0.4 is 20.2 Å². The van der Waals surface area contributed by atoms with Gasteiger partial charge in [-0.2, -0.15) is 5.10 Å². The Hall–Kier alpha value is -3.36. The predicted octanol–water partition coefficient (Wildman–Crippen LogP) is 4.46. The van der Waals surface area contributed by atoms with Crippen LogP contribution in [0.5, 0.6) is 11.5 Å². The molecule has 3 aromatic carbocycles. The highest BCUT2D eigenvalue weighted by atomic mass is 79.9. The lowest BCUT2D eigenvalue weighted by Gasteiger charge is -2.13. The SMILES string of the molecule is COc1cccc(/C=N\NC(=O)C(=O)NCc2ccc(Cl)cc2)c1OCc1ccc(Br)cc1. The Bertz CT molecular complexity index is 1140. The molecule has 0 fully saturated rings. The average molecular weight is 531 g/mol. The van der Waals surface area contributed by atoms with Crippen molar-refractivity contribution >= 4 is 45.6 Å². The van der Waals surface area contributed by atoms with Crippen molar-refractivity contribution in [3.8, 4) is 11.5 Å². The zero-order valence-corrected chi connectivity index (χ0v) is 20.0. The molecule has 0 unspecified atom stereocenters. The van der Waals surface area contributed by atoms with E-state index >= 15 is 0 Å². The van der Waals surface area contributed by atoms with Gasteiger partial charge in [0.25, 0.3) is 0 Å². The number of benzene rings is 3. The number of nitrogens with one attached hydrogen (secondary N) is 2. The summed E-state index contributed by atoms with van der Waals surface area (Å²) in [7, 11) is 1.54. The monoisotopic (exact) mass is 529 g/mol. The molecule has 0 aromatic heterocycles. The Morgan fingerprint density at radius 1 is 1.00 bits per heavy atom. The summed E-state index contributed by atoms with van der Waals surface area (Å²) in [6.45, 7) is 0.505. The molecule has 0 radical (unpaired) electrons. The topological polar surface area (TPSA) is 89.0 Å². The Balaban J connectivity index is 1.59. The van der Waals surface area contributed by atoms with Gasteiger partial charge in [-0.3, -0.25) is 9.59 Å². The van der Waals surface area contributed by atoms with E-state index in [0.717, 1.165) is 15.6 Å². The van der Waals surface area contributed by atoms with E-state index in [1.807, 2.05) is 24.3 Å². The number of carbonyl (C=O) groups is 2. The van der Waals surface area contributed by atoms with Crippen molar-refractivity contribution in [2.24, 2.45) is 5.10 Å². The molecule has 3 aromatic rings. The highest BCUT2D eigenvalue weighted by Crippen LogP contribution is 2.31. The maximum atomic E-state index is 12.0. The third-order valence-electron chi connectivity index (χ3n) is 4.47. The molecule has 0 aliphatic rings. The second-order valence-electron chi connectivity index (χ2n) is 6.80. The molecule has 0 heterocycles. The van der Waals surface area contributed by atoms with Gasteiger partial charge in [0.05, 0.1) is 13.3 Å². The van der Waals surface area contributed by atoms with Gasteiger partial charge in [-0.25, -0.2) is 5.43 Å². The summed E-state index contributed by atoms with van der Waals surface area (Å²) < 4.78 is 12.3. The van der Waals surface area contributed by atoms with Crippen LogP contribution in [-0.2, 0) is 22.7 Å². The van der Waals surface area contributed by atoms with Crippen molar-refractivity contribution in [2.75, 3.05) is 7.11 Å². The minimum Gasteiger partial charge on any atom is -0.493 e. The van der Waals surface area contributed by atoms with Crippen molar-refractivity contribution in [1.29, 1.82) is 0 Å². The number of amides is 2. The number of nitrogens with zero attached hydrogens (tertiary/aromatic N) is 1. The van der Waals surface area contributed by atoms with Crippen LogP contribution in [0, 0.1) is 0 Å². The Morgan fingerprint density at radius 3 is 2.39 bits per heavy atom. The first-order valence-corrected chi connectivity index (χ1v) is 11.0. The summed E-state index contributed by atoms with van der Waals surface area (Å²) in [6, 6.07) is 20.0. The molecule has 0 bridgehead atoms. The number of hydrogen-bond donors (Lipinski definition) is 2. The van der Waals surface area contributed by atoms with Gasteiger partial charge in [0.1, 0.15) is 6.61 Å². The van der Waals surface area contributed by atoms with Crippen LogP contribution in [0.3, 0.4) is 0 Å². The fourth-order valence-electron chi connectivity index (χ4n) is 2.76. The van der Waals surface area contributed by atoms with E-state index in [1.165, 1.54) is 13.3 Å². The van der Waals surface area contributed by atoms with E-state index in [-0.39, 0.29) is 6.54 Å². The van der Waals surface area contributed by atoms with Crippen LogP contribution in [0.4, 0.5) is 0 Å². The fourth-order valence-corrected chi connectivity index (χ4v) is 3.15. The summed E-state index contributed by atoms with van der Waals surface area (Å²) in [5.74, 6) is -0.712. The number of carbonyl (C=O) groups excluding carboxylic acids is 2.